The van der Waals surface area contributed by atoms with Gasteiger partial charge in [-0.3, -0.25) is 4.79 Å². The summed E-state index contributed by atoms with van der Waals surface area (Å²) in [5, 5.41) is 8.63. The lowest BCUT2D eigenvalue weighted by molar-refractivity contribution is -0.130. The smallest absolute Gasteiger partial charge is 0.223 e. The highest BCUT2D eigenvalue weighted by molar-refractivity contribution is 5.76. The molecule has 1 amide bonds. The van der Waals surface area contributed by atoms with Crippen LogP contribution in [0.5, 0.6) is 0 Å². The van der Waals surface area contributed by atoms with Crippen molar-refractivity contribution in [2.75, 3.05) is 7.05 Å². The Morgan fingerprint density at radius 1 is 1.44 bits per heavy atom. The fraction of sp³-hybridized carbons (Fsp3) is 0.385. The standard InChI is InChI=1S/C13H16N2O/c1-11(9-14)8-13(16)15(2)10-12-6-4-3-5-7-12/h3-7,11H,8,10H2,1-2H3. The van der Waals surface area contributed by atoms with Crippen LogP contribution in [0.3, 0.4) is 0 Å². The number of hydrogen-bond donors (Lipinski definition) is 0. The van der Waals surface area contributed by atoms with Crippen molar-refractivity contribution < 1.29 is 4.79 Å². The first kappa shape index (κ1) is 12.3. The van der Waals surface area contributed by atoms with E-state index < -0.39 is 0 Å². The largest absolute Gasteiger partial charge is 0.341 e. The third kappa shape index (κ3) is 3.74. The molecule has 0 aromatic heterocycles. The van der Waals surface area contributed by atoms with Crippen LogP contribution in [0.4, 0.5) is 0 Å². The molecule has 0 fully saturated rings. The lowest BCUT2D eigenvalue weighted by atomic mass is 10.1. The molecule has 0 aliphatic rings. The van der Waals surface area contributed by atoms with Crippen LogP contribution in [0, 0.1) is 17.2 Å². The Morgan fingerprint density at radius 3 is 2.62 bits per heavy atom. The second kappa shape index (κ2) is 5.92. The van der Waals surface area contributed by atoms with Crippen molar-refractivity contribution in [3.05, 3.63) is 35.9 Å². The van der Waals surface area contributed by atoms with E-state index in [1.807, 2.05) is 30.3 Å². The van der Waals surface area contributed by atoms with E-state index in [0.29, 0.717) is 13.0 Å². The van der Waals surface area contributed by atoms with Crippen LogP contribution in [0.15, 0.2) is 30.3 Å². The zero-order valence-electron chi connectivity index (χ0n) is 9.68. The maximum Gasteiger partial charge on any atom is 0.223 e. The second-order valence-electron chi connectivity index (χ2n) is 3.97. The van der Waals surface area contributed by atoms with Crippen LogP contribution in [-0.4, -0.2) is 17.9 Å². The molecule has 1 rings (SSSR count). The quantitative estimate of drug-likeness (QED) is 0.774. The highest BCUT2D eigenvalue weighted by atomic mass is 16.2. The highest BCUT2D eigenvalue weighted by Crippen LogP contribution is 2.07. The number of nitrogens with zero attached hydrogens (tertiary/aromatic N) is 2. The minimum absolute atomic E-state index is 0.0119. The number of carbonyl (C=O) groups is 1. The molecule has 0 bridgehead atoms. The summed E-state index contributed by atoms with van der Waals surface area (Å²) < 4.78 is 0. The van der Waals surface area contributed by atoms with Gasteiger partial charge in [-0.1, -0.05) is 30.3 Å². The van der Waals surface area contributed by atoms with Gasteiger partial charge in [0.25, 0.3) is 0 Å². The molecule has 1 unspecified atom stereocenters. The summed E-state index contributed by atoms with van der Waals surface area (Å²) in [5.74, 6) is -0.205. The van der Waals surface area contributed by atoms with Crippen LogP contribution >= 0.6 is 0 Å². The van der Waals surface area contributed by atoms with Gasteiger partial charge in [0.2, 0.25) is 5.91 Å². The first-order valence-electron chi connectivity index (χ1n) is 5.31. The van der Waals surface area contributed by atoms with Gasteiger partial charge in [-0.15, -0.1) is 0 Å². The number of rotatable bonds is 4. The van der Waals surface area contributed by atoms with Gasteiger partial charge in [0.1, 0.15) is 0 Å². The van der Waals surface area contributed by atoms with Crippen LogP contribution in [0.1, 0.15) is 18.9 Å². The van der Waals surface area contributed by atoms with Gasteiger partial charge in [-0.2, -0.15) is 5.26 Å². The molecule has 84 valence electrons. The van der Waals surface area contributed by atoms with Gasteiger partial charge >= 0.3 is 0 Å². The second-order valence-corrected chi connectivity index (χ2v) is 3.97. The number of hydrogen-bond acceptors (Lipinski definition) is 2. The average molecular weight is 216 g/mol. The maximum atomic E-state index is 11.7. The minimum Gasteiger partial charge on any atom is -0.341 e. The fourth-order valence-electron chi connectivity index (χ4n) is 1.41. The van der Waals surface area contributed by atoms with Crippen molar-refractivity contribution in [2.45, 2.75) is 19.9 Å². The lowest BCUT2D eigenvalue weighted by Gasteiger charge is -2.17. The molecule has 0 heterocycles. The average Bonchev–Trinajstić information content (AvgIpc) is 2.30. The van der Waals surface area contributed by atoms with E-state index in [2.05, 4.69) is 6.07 Å². The Hall–Kier alpha value is -1.82. The van der Waals surface area contributed by atoms with Crippen molar-refractivity contribution in [1.82, 2.24) is 4.90 Å². The van der Waals surface area contributed by atoms with Crippen molar-refractivity contribution in [2.24, 2.45) is 5.92 Å². The number of benzene rings is 1. The zero-order valence-corrected chi connectivity index (χ0v) is 9.68. The summed E-state index contributed by atoms with van der Waals surface area (Å²) in [7, 11) is 1.76. The third-order valence-electron chi connectivity index (χ3n) is 2.39. The Labute approximate surface area is 96.3 Å². The van der Waals surface area contributed by atoms with E-state index in [0.717, 1.165) is 5.56 Å². The highest BCUT2D eigenvalue weighted by Gasteiger charge is 2.12. The first-order valence-corrected chi connectivity index (χ1v) is 5.31. The van der Waals surface area contributed by atoms with E-state index in [1.165, 1.54) is 0 Å². The fourth-order valence-corrected chi connectivity index (χ4v) is 1.41. The molecule has 3 nitrogen and oxygen atoms in total. The van der Waals surface area contributed by atoms with Crippen molar-refractivity contribution in [1.29, 1.82) is 5.26 Å². The molecule has 0 aliphatic carbocycles. The van der Waals surface area contributed by atoms with Crippen molar-refractivity contribution in [3.63, 3.8) is 0 Å². The van der Waals surface area contributed by atoms with E-state index >= 15 is 0 Å². The SMILES string of the molecule is CC(C#N)CC(=O)N(C)Cc1ccccc1. The molecule has 0 spiro atoms. The van der Waals surface area contributed by atoms with Gasteiger partial charge in [-0.05, 0) is 12.5 Å². The Balaban J connectivity index is 2.50. The summed E-state index contributed by atoms with van der Waals surface area (Å²) in [6.07, 6.45) is 0.292. The third-order valence-corrected chi connectivity index (χ3v) is 2.39. The van der Waals surface area contributed by atoms with E-state index in [4.69, 9.17) is 5.26 Å². The van der Waals surface area contributed by atoms with Gasteiger partial charge in [0, 0.05) is 20.0 Å². The molecule has 0 saturated heterocycles. The van der Waals surface area contributed by atoms with Crippen LogP contribution < -0.4 is 0 Å². The number of carbonyl (C=O) groups excluding carboxylic acids is 1. The predicted molar refractivity (Wildman–Crippen MR) is 62.3 cm³/mol. The molecule has 0 radical (unpaired) electrons. The molecule has 16 heavy (non-hydrogen) atoms. The van der Waals surface area contributed by atoms with E-state index in [1.54, 1.807) is 18.9 Å². The first-order chi connectivity index (χ1) is 7.63. The Bertz CT molecular complexity index is 381. The van der Waals surface area contributed by atoms with Gasteiger partial charge in [0.05, 0.1) is 12.0 Å². The van der Waals surface area contributed by atoms with E-state index in [9.17, 15) is 4.79 Å². The van der Waals surface area contributed by atoms with Gasteiger partial charge in [-0.25, -0.2) is 0 Å². The van der Waals surface area contributed by atoms with Crippen molar-refractivity contribution >= 4 is 5.91 Å². The normalized spacial score (nSPS) is 11.6. The maximum absolute atomic E-state index is 11.7. The minimum atomic E-state index is -0.217. The van der Waals surface area contributed by atoms with Gasteiger partial charge < -0.3 is 4.90 Å². The predicted octanol–water partition coefficient (Wildman–Crippen LogP) is 2.19. The molecule has 1 aromatic carbocycles. The summed E-state index contributed by atoms with van der Waals surface area (Å²) in [6, 6.07) is 11.9. The number of nitriles is 1. The number of amides is 1. The summed E-state index contributed by atoms with van der Waals surface area (Å²) in [6.45, 7) is 2.35. The Kier molecular flexibility index (Phi) is 4.53. The molecule has 1 atom stereocenters. The van der Waals surface area contributed by atoms with Crippen LogP contribution in [-0.2, 0) is 11.3 Å². The molecule has 0 aliphatic heterocycles. The molecular formula is C13H16N2O. The molecule has 3 heteroatoms. The topological polar surface area (TPSA) is 44.1 Å². The molecule has 1 aromatic rings. The van der Waals surface area contributed by atoms with Gasteiger partial charge in [0.15, 0.2) is 0 Å². The summed E-state index contributed by atoms with van der Waals surface area (Å²) in [4.78, 5) is 13.3. The zero-order chi connectivity index (χ0) is 12.0. The molecular weight excluding hydrogens is 200 g/mol. The molecule has 0 N–H and O–H groups in total. The van der Waals surface area contributed by atoms with E-state index in [-0.39, 0.29) is 11.8 Å². The Morgan fingerprint density at radius 2 is 2.06 bits per heavy atom. The van der Waals surface area contributed by atoms with Crippen LogP contribution in [0.2, 0.25) is 0 Å². The molecule has 0 saturated carbocycles. The monoisotopic (exact) mass is 216 g/mol. The van der Waals surface area contributed by atoms with Crippen molar-refractivity contribution in [3.8, 4) is 6.07 Å². The summed E-state index contributed by atoms with van der Waals surface area (Å²) in [5.41, 5.74) is 1.10. The lowest BCUT2D eigenvalue weighted by Crippen LogP contribution is -2.27. The summed E-state index contributed by atoms with van der Waals surface area (Å²) >= 11 is 0. The van der Waals surface area contributed by atoms with Crippen LogP contribution in [0.25, 0.3) is 0 Å².